The van der Waals surface area contributed by atoms with Crippen LogP contribution in [0.5, 0.6) is 5.75 Å². The van der Waals surface area contributed by atoms with E-state index in [2.05, 4.69) is 5.16 Å². The smallest absolute Gasteiger partial charge is 0.148 e. The van der Waals surface area contributed by atoms with Gasteiger partial charge >= 0.3 is 0 Å². The van der Waals surface area contributed by atoms with Gasteiger partial charge in [0, 0.05) is 16.2 Å². The van der Waals surface area contributed by atoms with Crippen molar-refractivity contribution in [3.8, 4) is 5.75 Å². The quantitative estimate of drug-likeness (QED) is 0.563. The van der Waals surface area contributed by atoms with E-state index in [-0.39, 0.29) is 6.61 Å². The number of nitrogens with zero attached hydrogens (tertiary/aromatic N) is 1. The van der Waals surface area contributed by atoms with Crippen LogP contribution in [0.3, 0.4) is 0 Å². The van der Waals surface area contributed by atoms with E-state index >= 15 is 0 Å². The molecule has 0 saturated carbocycles. The summed E-state index contributed by atoms with van der Waals surface area (Å²) in [5.74, 6) is 0.691. The molecule has 8 heteroatoms. The van der Waals surface area contributed by atoms with E-state index in [0.29, 0.717) is 34.5 Å². The van der Waals surface area contributed by atoms with Crippen molar-refractivity contribution < 1.29 is 24.3 Å². The predicted molar refractivity (Wildman–Crippen MR) is 96.6 cm³/mol. The Kier molecular flexibility index (Phi) is 6.56. The summed E-state index contributed by atoms with van der Waals surface area (Å²) in [6, 6.07) is 5.29. The van der Waals surface area contributed by atoms with E-state index < -0.39 is 6.10 Å². The zero-order chi connectivity index (χ0) is 17.6. The fourth-order valence-electron chi connectivity index (χ4n) is 2.77. The molecule has 0 spiro atoms. The maximum absolute atomic E-state index is 10.0. The second-order valence-corrected chi connectivity index (χ2v) is 6.83. The highest BCUT2D eigenvalue weighted by atomic mass is 35.5. The summed E-state index contributed by atoms with van der Waals surface area (Å²) in [7, 11) is 0. The Labute approximate surface area is 156 Å². The lowest BCUT2D eigenvalue weighted by molar-refractivity contribution is -0.911. The Hall–Kier alpha value is -1.31. The molecule has 1 saturated heterocycles. The number of fused-ring (bicyclic) bond motifs is 1. The lowest BCUT2D eigenvalue weighted by Gasteiger charge is -2.25. The van der Waals surface area contributed by atoms with Crippen LogP contribution >= 0.6 is 23.2 Å². The zero-order valence-electron chi connectivity index (χ0n) is 13.7. The number of hydrogen-bond donors (Lipinski definition) is 2. The summed E-state index contributed by atoms with van der Waals surface area (Å²) in [6.45, 7) is 4.34. The number of halogens is 2. The molecule has 1 aromatic carbocycles. The van der Waals surface area contributed by atoms with Gasteiger partial charge in [-0.25, -0.2) is 0 Å². The highest BCUT2D eigenvalue weighted by molar-refractivity contribution is 6.51. The van der Waals surface area contributed by atoms with Crippen molar-refractivity contribution in [2.45, 2.75) is 6.10 Å². The van der Waals surface area contributed by atoms with E-state index in [1.165, 1.54) is 11.1 Å². The summed E-state index contributed by atoms with van der Waals surface area (Å²) in [5.41, 5.74) is 1.43. The number of hydrogen-bond acceptors (Lipinski definition) is 5. The summed E-state index contributed by atoms with van der Waals surface area (Å²) < 4.78 is 10.9. The van der Waals surface area contributed by atoms with Gasteiger partial charge in [-0.1, -0.05) is 28.4 Å². The minimum atomic E-state index is -0.572. The molecule has 0 aromatic heterocycles. The molecule has 0 bridgehead atoms. The largest absolute Gasteiger partial charge is 0.488 e. The number of rotatable bonds is 6. The molecular formula is C17H21Cl2N2O4+. The number of aliphatic hydroxyl groups is 1. The SMILES string of the molecule is O[C@@H](CO/N=C\C1=C(Cl)c2cc(Cl)ccc2OC1)C[NH+]1CCOCC1. The maximum Gasteiger partial charge on any atom is 0.148 e. The third-order valence-corrected chi connectivity index (χ3v) is 4.80. The molecule has 6 nitrogen and oxygen atoms in total. The molecule has 1 aromatic rings. The minimum Gasteiger partial charge on any atom is -0.488 e. The first-order valence-electron chi connectivity index (χ1n) is 8.19. The Balaban J connectivity index is 1.51. The molecule has 2 aliphatic heterocycles. The molecule has 2 heterocycles. The van der Waals surface area contributed by atoms with Gasteiger partial charge in [-0.3, -0.25) is 0 Å². The highest BCUT2D eigenvalue weighted by Crippen LogP contribution is 2.36. The Morgan fingerprint density at radius 1 is 1.32 bits per heavy atom. The van der Waals surface area contributed by atoms with Crippen molar-refractivity contribution in [1.29, 1.82) is 0 Å². The number of nitrogens with one attached hydrogen (secondary N) is 1. The van der Waals surface area contributed by atoms with Gasteiger partial charge in [0.1, 0.15) is 44.7 Å². The van der Waals surface area contributed by atoms with Crippen LogP contribution in [-0.4, -0.2) is 63.5 Å². The van der Waals surface area contributed by atoms with Gasteiger partial charge < -0.3 is 24.3 Å². The molecule has 136 valence electrons. The van der Waals surface area contributed by atoms with E-state index in [4.69, 9.17) is 37.5 Å². The standard InChI is InChI=1S/C17H20Cl2N2O4/c18-13-1-2-16-15(7-13)17(19)12(10-24-16)8-20-25-11-14(22)9-21-3-5-23-6-4-21/h1-2,7-8,14,22H,3-6,9-11H2/p+1/b20-8-/t14-/m1/s1. The molecule has 0 aliphatic carbocycles. The molecule has 0 unspecified atom stereocenters. The number of ether oxygens (including phenoxy) is 2. The average molecular weight is 388 g/mol. The van der Waals surface area contributed by atoms with Crippen molar-refractivity contribution in [1.82, 2.24) is 0 Å². The van der Waals surface area contributed by atoms with Crippen molar-refractivity contribution in [3.05, 3.63) is 34.4 Å². The lowest BCUT2D eigenvalue weighted by atomic mass is 10.1. The van der Waals surface area contributed by atoms with Crippen molar-refractivity contribution in [2.75, 3.05) is 46.1 Å². The normalized spacial score (nSPS) is 19.6. The summed E-state index contributed by atoms with van der Waals surface area (Å²) >= 11 is 12.4. The maximum atomic E-state index is 10.0. The van der Waals surface area contributed by atoms with Gasteiger partial charge in [-0.2, -0.15) is 0 Å². The first kappa shape index (κ1) is 18.5. The summed E-state index contributed by atoms with van der Waals surface area (Å²) in [6.07, 6.45) is 0.942. The fourth-order valence-corrected chi connectivity index (χ4v) is 3.19. The first-order chi connectivity index (χ1) is 12.1. The Bertz CT molecular complexity index is 660. The van der Waals surface area contributed by atoms with Crippen LogP contribution in [0.1, 0.15) is 5.56 Å². The van der Waals surface area contributed by atoms with Gasteiger partial charge in [0.15, 0.2) is 0 Å². The van der Waals surface area contributed by atoms with Crippen molar-refractivity contribution in [2.24, 2.45) is 5.16 Å². The van der Waals surface area contributed by atoms with E-state index in [1.807, 2.05) is 0 Å². The summed E-state index contributed by atoms with van der Waals surface area (Å²) in [4.78, 5) is 6.51. The van der Waals surface area contributed by atoms with Crippen LogP contribution in [0.15, 0.2) is 28.9 Å². The van der Waals surface area contributed by atoms with Crippen molar-refractivity contribution >= 4 is 34.4 Å². The lowest BCUT2D eigenvalue weighted by Crippen LogP contribution is -3.15. The van der Waals surface area contributed by atoms with Gasteiger partial charge in [0.25, 0.3) is 0 Å². The van der Waals surface area contributed by atoms with E-state index in [1.54, 1.807) is 18.2 Å². The van der Waals surface area contributed by atoms with Crippen LogP contribution in [0.4, 0.5) is 0 Å². The summed E-state index contributed by atoms with van der Waals surface area (Å²) in [5, 5.41) is 15.0. The Morgan fingerprint density at radius 2 is 2.12 bits per heavy atom. The second-order valence-electron chi connectivity index (χ2n) is 6.02. The van der Waals surface area contributed by atoms with E-state index in [0.717, 1.165) is 31.9 Å². The van der Waals surface area contributed by atoms with Crippen LogP contribution < -0.4 is 9.64 Å². The predicted octanol–water partition coefficient (Wildman–Crippen LogP) is 0.961. The molecule has 1 atom stereocenters. The highest BCUT2D eigenvalue weighted by Gasteiger charge is 2.20. The van der Waals surface area contributed by atoms with Crippen molar-refractivity contribution in [3.63, 3.8) is 0 Å². The number of oxime groups is 1. The minimum absolute atomic E-state index is 0.134. The molecule has 3 rings (SSSR count). The fraction of sp³-hybridized carbons (Fsp3) is 0.471. The van der Waals surface area contributed by atoms with Crippen LogP contribution in [-0.2, 0) is 9.57 Å². The second kappa shape index (κ2) is 8.87. The Morgan fingerprint density at radius 3 is 2.92 bits per heavy atom. The first-order valence-corrected chi connectivity index (χ1v) is 8.95. The van der Waals surface area contributed by atoms with Crippen LogP contribution in [0.25, 0.3) is 5.03 Å². The average Bonchev–Trinajstić information content (AvgIpc) is 2.62. The number of aliphatic hydroxyl groups excluding tert-OH is 1. The number of morpholine rings is 1. The monoisotopic (exact) mass is 387 g/mol. The number of quaternary nitrogens is 1. The van der Waals surface area contributed by atoms with Gasteiger partial charge in [0.2, 0.25) is 0 Å². The molecule has 2 aliphatic rings. The topological polar surface area (TPSA) is 64.7 Å². The van der Waals surface area contributed by atoms with Gasteiger partial charge in [0.05, 0.1) is 24.5 Å². The zero-order valence-corrected chi connectivity index (χ0v) is 15.2. The molecule has 2 N–H and O–H groups in total. The third-order valence-electron chi connectivity index (χ3n) is 4.12. The van der Waals surface area contributed by atoms with E-state index in [9.17, 15) is 5.11 Å². The molecule has 0 radical (unpaired) electrons. The number of benzene rings is 1. The van der Waals surface area contributed by atoms with Crippen LogP contribution in [0.2, 0.25) is 5.02 Å². The molecule has 1 fully saturated rings. The van der Waals surface area contributed by atoms with Crippen LogP contribution in [0, 0.1) is 0 Å². The molecule has 25 heavy (non-hydrogen) atoms. The molecule has 0 amide bonds. The van der Waals surface area contributed by atoms with Gasteiger partial charge in [-0.05, 0) is 18.2 Å². The molecular weight excluding hydrogens is 367 g/mol. The van der Waals surface area contributed by atoms with Gasteiger partial charge in [-0.15, -0.1) is 0 Å². The third kappa shape index (κ3) is 5.09.